The number of hydrogen-bond acceptors (Lipinski definition) is 3. The Balaban J connectivity index is 1.73. The molecule has 0 spiro atoms. The van der Waals surface area contributed by atoms with Crippen LogP contribution in [0.25, 0.3) is 0 Å². The van der Waals surface area contributed by atoms with Gasteiger partial charge in [-0.15, -0.1) is 5.10 Å². The number of rotatable bonds is 2. The van der Waals surface area contributed by atoms with E-state index in [9.17, 15) is 0 Å². The predicted octanol–water partition coefficient (Wildman–Crippen LogP) is 1.60. The van der Waals surface area contributed by atoms with E-state index in [0.717, 1.165) is 30.0 Å². The monoisotopic (exact) mass is 206 g/mol. The van der Waals surface area contributed by atoms with Gasteiger partial charge in [0, 0.05) is 6.54 Å². The molecule has 1 heterocycles. The molecule has 0 aromatic carbocycles. The standard InChI is InChI=1S/C11H18N4/c1-7-11(12)13-14-15(7)6-10-5-8-2-3-9(10)4-8/h8-10H,2-6,12H2,1H3. The van der Waals surface area contributed by atoms with Crippen molar-refractivity contribution in [1.82, 2.24) is 15.0 Å². The van der Waals surface area contributed by atoms with E-state index in [1.165, 1.54) is 25.7 Å². The molecule has 1 aromatic rings. The second-order valence-electron chi connectivity index (χ2n) is 5.18. The maximum atomic E-state index is 5.70. The van der Waals surface area contributed by atoms with Crippen LogP contribution in [0.15, 0.2) is 0 Å². The number of nitrogens with zero attached hydrogens (tertiary/aromatic N) is 3. The molecule has 2 aliphatic carbocycles. The van der Waals surface area contributed by atoms with E-state index in [0.29, 0.717) is 5.82 Å². The first-order valence-corrected chi connectivity index (χ1v) is 5.89. The zero-order valence-corrected chi connectivity index (χ0v) is 9.19. The minimum atomic E-state index is 0.582. The third kappa shape index (κ3) is 1.43. The minimum Gasteiger partial charge on any atom is -0.381 e. The van der Waals surface area contributed by atoms with Crippen LogP contribution in [0.5, 0.6) is 0 Å². The van der Waals surface area contributed by atoms with Crippen molar-refractivity contribution in [3.05, 3.63) is 5.69 Å². The summed E-state index contributed by atoms with van der Waals surface area (Å²) in [6, 6.07) is 0. The maximum Gasteiger partial charge on any atom is 0.168 e. The van der Waals surface area contributed by atoms with Gasteiger partial charge >= 0.3 is 0 Å². The highest BCUT2D eigenvalue weighted by atomic mass is 15.4. The molecular weight excluding hydrogens is 188 g/mol. The second-order valence-corrected chi connectivity index (χ2v) is 5.18. The van der Waals surface area contributed by atoms with Gasteiger partial charge in [0.15, 0.2) is 5.82 Å². The van der Waals surface area contributed by atoms with Crippen molar-refractivity contribution < 1.29 is 0 Å². The zero-order valence-electron chi connectivity index (χ0n) is 9.19. The molecule has 2 aliphatic rings. The van der Waals surface area contributed by atoms with Gasteiger partial charge in [0.25, 0.3) is 0 Å². The molecule has 3 rings (SSSR count). The smallest absolute Gasteiger partial charge is 0.168 e. The van der Waals surface area contributed by atoms with Crippen molar-refractivity contribution in [2.75, 3.05) is 5.73 Å². The number of fused-ring (bicyclic) bond motifs is 2. The fourth-order valence-corrected chi connectivity index (χ4v) is 3.37. The summed E-state index contributed by atoms with van der Waals surface area (Å²) in [4.78, 5) is 0. The fraction of sp³-hybridized carbons (Fsp3) is 0.818. The Kier molecular flexibility index (Phi) is 1.97. The van der Waals surface area contributed by atoms with Gasteiger partial charge in [-0.25, -0.2) is 4.68 Å². The first-order valence-electron chi connectivity index (χ1n) is 5.89. The highest BCUT2D eigenvalue weighted by molar-refractivity contribution is 5.31. The molecule has 15 heavy (non-hydrogen) atoms. The largest absolute Gasteiger partial charge is 0.381 e. The molecule has 2 N–H and O–H groups in total. The average molecular weight is 206 g/mol. The van der Waals surface area contributed by atoms with Gasteiger partial charge < -0.3 is 5.73 Å². The first-order chi connectivity index (χ1) is 7.24. The molecule has 2 fully saturated rings. The van der Waals surface area contributed by atoms with Crippen molar-refractivity contribution in [3.63, 3.8) is 0 Å². The molecule has 82 valence electrons. The van der Waals surface area contributed by atoms with Crippen LogP contribution >= 0.6 is 0 Å². The Morgan fingerprint density at radius 1 is 1.40 bits per heavy atom. The van der Waals surface area contributed by atoms with E-state index in [1.54, 1.807) is 0 Å². The van der Waals surface area contributed by atoms with E-state index in [4.69, 9.17) is 5.73 Å². The van der Waals surface area contributed by atoms with E-state index in [2.05, 4.69) is 10.3 Å². The molecular formula is C11H18N4. The molecule has 2 bridgehead atoms. The lowest BCUT2D eigenvalue weighted by atomic mass is 9.89. The maximum absolute atomic E-state index is 5.70. The third-order valence-electron chi connectivity index (χ3n) is 4.31. The predicted molar refractivity (Wildman–Crippen MR) is 58.1 cm³/mol. The van der Waals surface area contributed by atoms with Crippen molar-refractivity contribution in [2.24, 2.45) is 17.8 Å². The van der Waals surface area contributed by atoms with Crippen LogP contribution in [0.1, 0.15) is 31.4 Å². The normalized spacial score (nSPS) is 33.8. The van der Waals surface area contributed by atoms with Crippen molar-refractivity contribution in [3.8, 4) is 0 Å². The fourth-order valence-electron chi connectivity index (χ4n) is 3.37. The number of anilines is 1. The van der Waals surface area contributed by atoms with Crippen LogP contribution in [0.4, 0.5) is 5.82 Å². The third-order valence-corrected chi connectivity index (χ3v) is 4.31. The van der Waals surface area contributed by atoms with Gasteiger partial charge in [0.1, 0.15) is 0 Å². The lowest BCUT2D eigenvalue weighted by molar-refractivity contribution is 0.281. The van der Waals surface area contributed by atoms with Crippen LogP contribution in [0.3, 0.4) is 0 Å². The van der Waals surface area contributed by atoms with Gasteiger partial charge in [-0.1, -0.05) is 11.6 Å². The Bertz CT molecular complexity index is 371. The molecule has 1 aromatic heterocycles. The summed E-state index contributed by atoms with van der Waals surface area (Å²) in [5, 5.41) is 8.02. The van der Waals surface area contributed by atoms with Crippen LogP contribution in [0, 0.1) is 24.7 Å². The van der Waals surface area contributed by atoms with Crippen molar-refractivity contribution >= 4 is 5.82 Å². The van der Waals surface area contributed by atoms with Gasteiger partial charge in [0.05, 0.1) is 5.69 Å². The van der Waals surface area contributed by atoms with Gasteiger partial charge in [-0.2, -0.15) is 0 Å². The van der Waals surface area contributed by atoms with Crippen LogP contribution in [-0.4, -0.2) is 15.0 Å². The highest BCUT2D eigenvalue weighted by Gasteiger charge is 2.39. The van der Waals surface area contributed by atoms with E-state index in [-0.39, 0.29) is 0 Å². The summed E-state index contributed by atoms with van der Waals surface area (Å²) >= 11 is 0. The van der Waals surface area contributed by atoms with E-state index in [1.807, 2.05) is 11.6 Å². The molecule has 3 unspecified atom stereocenters. The topological polar surface area (TPSA) is 56.7 Å². The lowest BCUT2D eigenvalue weighted by Crippen LogP contribution is -2.18. The quantitative estimate of drug-likeness (QED) is 0.799. The average Bonchev–Trinajstić information content (AvgIpc) is 2.89. The summed E-state index contributed by atoms with van der Waals surface area (Å²) in [7, 11) is 0. The number of nitrogen functional groups attached to an aromatic ring is 1. The number of hydrogen-bond donors (Lipinski definition) is 1. The molecule has 2 saturated carbocycles. The summed E-state index contributed by atoms with van der Waals surface area (Å²) in [6.45, 7) is 3.03. The number of aromatic nitrogens is 3. The SMILES string of the molecule is Cc1c(N)nnn1CC1CC2CCC1C2. The molecule has 0 aliphatic heterocycles. The Morgan fingerprint density at radius 3 is 2.80 bits per heavy atom. The van der Waals surface area contributed by atoms with Gasteiger partial charge in [-0.05, 0) is 43.9 Å². The number of nitrogens with two attached hydrogens (primary N) is 1. The minimum absolute atomic E-state index is 0.582. The Labute approximate surface area is 89.8 Å². The van der Waals surface area contributed by atoms with E-state index < -0.39 is 0 Å². The van der Waals surface area contributed by atoms with Gasteiger partial charge in [-0.3, -0.25) is 0 Å². The van der Waals surface area contributed by atoms with Crippen molar-refractivity contribution in [2.45, 2.75) is 39.2 Å². The van der Waals surface area contributed by atoms with E-state index >= 15 is 0 Å². The second kappa shape index (κ2) is 3.22. The summed E-state index contributed by atoms with van der Waals surface area (Å²) in [5.41, 5.74) is 6.72. The molecule has 0 saturated heterocycles. The van der Waals surface area contributed by atoms with Crippen LogP contribution in [-0.2, 0) is 6.54 Å². The summed E-state index contributed by atoms with van der Waals surface area (Å²) in [6.07, 6.45) is 5.73. The van der Waals surface area contributed by atoms with Crippen LogP contribution in [0.2, 0.25) is 0 Å². The lowest BCUT2D eigenvalue weighted by Gasteiger charge is -2.21. The van der Waals surface area contributed by atoms with Gasteiger partial charge in [0.2, 0.25) is 0 Å². The molecule has 0 radical (unpaired) electrons. The highest BCUT2D eigenvalue weighted by Crippen LogP contribution is 2.48. The Hall–Kier alpha value is -1.06. The summed E-state index contributed by atoms with van der Waals surface area (Å²) < 4.78 is 1.99. The molecule has 3 atom stereocenters. The Morgan fingerprint density at radius 2 is 2.27 bits per heavy atom. The molecule has 4 nitrogen and oxygen atoms in total. The zero-order chi connectivity index (χ0) is 10.4. The van der Waals surface area contributed by atoms with Crippen molar-refractivity contribution in [1.29, 1.82) is 0 Å². The molecule has 4 heteroatoms. The molecule has 0 amide bonds. The summed E-state index contributed by atoms with van der Waals surface area (Å²) in [5.74, 6) is 3.35. The first kappa shape index (κ1) is 9.19. The van der Waals surface area contributed by atoms with Crippen LogP contribution < -0.4 is 5.73 Å².